The van der Waals surface area contributed by atoms with Gasteiger partial charge in [0.25, 0.3) is 17.3 Å². The summed E-state index contributed by atoms with van der Waals surface area (Å²) < 4.78 is 5.18. The summed E-state index contributed by atoms with van der Waals surface area (Å²) in [6.07, 6.45) is 3.98. The number of nitro groups is 2. The smallest absolute Gasteiger partial charge is 0.336 e. The number of carbonyl (C=O) groups is 2. The van der Waals surface area contributed by atoms with Crippen LogP contribution in [0.3, 0.4) is 0 Å². The number of benzene rings is 3. The lowest BCUT2D eigenvalue weighted by molar-refractivity contribution is -0.385. The van der Waals surface area contributed by atoms with Crippen LogP contribution in [-0.4, -0.2) is 27.9 Å². The first-order valence-corrected chi connectivity index (χ1v) is 9.65. The molecule has 0 fully saturated rings. The second kappa shape index (κ2) is 10.9. The molecule has 1 amide bonds. The number of nitro benzene ring substituents is 2. The van der Waals surface area contributed by atoms with Gasteiger partial charge in [0.05, 0.1) is 16.1 Å². The van der Waals surface area contributed by atoms with E-state index in [0.29, 0.717) is 11.1 Å². The lowest BCUT2D eigenvalue weighted by Gasteiger charge is -2.02. The monoisotopic (exact) mass is 460 g/mol. The van der Waals surface area contributed by atoms with E-state index in [1.54, 1.807) is 12.1 Å². The van der Waals surface area contributed by atoms with E-state index in [2.05, 4.69) is 10.5 Å². The van der Waals surface area contributed by atoms with Crippen LogP contribution < -0.4 is 10.2 Å². The van der Waals surface area contributed by atoms with E-state index in [9.17, 15) is 29.8 Å². The number of hydrogen-bond acceptors (Lipinski definition) is 8. The summed E-state index contributed by atoms with van der Waals surface area (Å²) in [5.41, 5.74) is 2.90. The molecule has 0 heterocycles. The standard InChI is InChI=1S/C23H16N4O7/c28-22(14-9-16-5-10-18(11-6-16)26(30)31)34-19-12-7-17(8-13-19)15-24-25-23(29)20-3-1-2-4-21(20)27(32)33/h1-15H,(H,25,29). The van der Waals surface area contributed by atoms with Crippen molar-refractivity contribution in [2.24, 2.45) is 5.10 Å². The van der Waals surface area contributed by atoms with E-state index >= 15 is 0 Å². The molecule has 0 atom stereocenters. The predicted molar refractivity (Wildman–Crippen MR) is 122 cm³/mol. The summed E-state index contributed by atoms with van der Waals surface area (Å²) in [5.74, 6) is -1.11. The highest BCUT2D eigenvalue weighted by molar-refractivity contribution is 5.98. The molecule has 0 aromatic heterocycles. The van der Waals surface area contributed by atoms with Gasteiger partial charge in [-0.3, -0.25) is 25.0 Å². The first kappa shape index (κ1) is 23.5. The van der Waals surface area contributed by atoms with Gasteiger partial charge in [-0.25, -0.2) is 10.2 Å². The molecule has 1 N–H and O–H groups in total. The van der Waals surface area contributed by atoms with Gasteiger partial charge in [0.15, 0.2) is 0 Å². The fourth-order valence-corrected chi connectivity index (χ4v) is 2.69. The zero-order valence-corrected chi connectivity index (χ0v) is 17.4. The molecule has 0 unspecified atom stereocenters. The highest BCUT2D eigenvalue weighted by atomic mass is 16.6. The van der Waals surface area contributed by atoms with Crippen LogP contribution in [0.4, 0.5) is 11.4 Å². The fraction of sp³-hybridized carbons (Fsp3) is 0. The van der Waals surface area contributed by atoms with Crippen molar-refractivity contribution in [3.63, 3.8) is 0 Å². The Kier molecular flexibility index (Phi) is 7.53. The Morgan fingerprint density at radius 2 is 1.50 bits per heavy atom. The van der Waals surface area contributed by atoms with Gasteiger partial charge in [0, 0.05) is 24.3 Å². The molecule has 0 radical (unpaired) electrons. The fourth-order valence-electron chi connectivity index (χ4n) is 2.69. The topological polar surface area (TPSA) is 154 Å². The molecule has 0 aliphatic rings. The molecule has 0 saturated heterocycles. The van der Waals surface area contributed by atoms with Crippen LogP contribution in [0.25, 0.3) is 6.08 Å². The van der Waals surface area contributed by atoms with Crippen LogP contribution in [0.1, 0.15) is 21.5 Å². The third-order valence-electron chi connectivity index (χ3n) is 4.34. The van der Waals surface area contributed by atoms with E-state index in [0.717, 1.165) is 0 Å². The Balaban J connectivity index is 1.54. The van der Waals surface area contributed by atoms with Crippen LogP contribution in [-0.2, 0) is 4.79 Å². The molecule has 170 valence electrons. The third kappa shape index (κ3) is 6.40. The molecule has 11 nitrogen and oxygen atoms in total. The number of carbonyl (C=O) groups excluding carboxylic acids is 2. The van der Waals surface area contributed by atoms with Crippen LogP contribution in [0, 0.1) is 20.2 Å². The lowest BCUT2D eigenvalue weighted by atomic mass is 10.2. The molecular formula is C23H16N4O7. The number of esters is 1. The number of nitrogens with zero attached hydrogens (tertiary/aromatic N) is 3. The van der Waals surface area contributed by atoms with Gasteiger partial charge >= 0.3 is 5.97 Å². The molecule has 34 heavy (non-hydrogen) atoms. The van der Waals surface area contributed by atoms with Gasteiger partial charge in [-0.1, -0.05) is 12.1 Å². The van der Waals surface area contributed by atoms with Crippen molar-refractivity contribution in [2.45, 2.75) is 0 Å². The average Bonchev–Trinajstić information content (AvgIpc) is 2.84. The molecule has 0 bridgehead atoms. The predicted octanol–water partition coefficient (Wildman–Crippen LogP) is 3.89. The Morgan fingerprint density at radius 3 is 2.15 bits per heavy atom. The van der Waals surface area contributed by atoms with Crippen LogP contribution in [0.5, 0.6) is 5.75 Å². The van der Waals surface area contributed by atoms with Gasteiger partial charge in [-0.2, -0.15) is 5.10 Å². The molecule has 0 saturated carbocycles. The maximum atomic E-state index is 12.1. The summed E-state index contributed by atoms with van der Waals surface area (Å²) in [7, 11) is 0. The molecule has 3 rings (SSSR count). The lowest BCUT2D eigenvalue weighted by Crippen LogP contribution is -2.18. The summed E-state index contributed by atoms with van der Waals surface area (Å²) in [6.45, 7) is 0. The van der Waals surface area contributed by atoms with Gasteiger partial charge in [-0.05, 0) is 59.7 Å². The van der Waals surface area contributed by atoms with Crippen molar-refractivity contribution < 1.29 is 24.2 Å². The molecular weight excluding hydrogens is 444 g/mol. The van der Waals surface area contributed by atoms with Gasteiger partial charge < -0.3 is 4.74 Å². The summed E-state index contributed by atoms with van der Waals surface area (Å²) >= 11 is 0. The maximum absolute atomic E-state index is 12.1. The Hall–Kier alpha value is -5.19. The summed E-state index contributed by atoms with van der Waals surface area (Å²) in [6, 6.07) is 17.4. The van der Waals surface area contributed by atoms with Crippen molar-refractivity contribution in [3.05, 3.63) is 116 Å². The molecule has 0 spiro atoms. The van der Waals surface area contributed by atoms with E-state index in [-0.39, 0.29) is 22.7 Å². The number of amides is 1. The normalized spacial score (nSPS) is 10.8. The first-order chi connectivity index (χ1) is 16.3. The minimum atomic E-state index is -0.728. The van der Waals surface area contributed by atoms with Gasteiger partial charge in [0.2, 0.25) is 0 Å². The zero-order valence-electron chi connectivity index (χ0n) is 17.4. The largest absolute Gasteiger partial charge is 0.423 e. The highest BCUT2D eigenvalue weighted by Gasteiger charge is 2.18. The van der Waals surface area contributed by atoms with Crippen molar-refractivity contribution in [3.8, 4) is 5.75 Å². The zero-order chi connectivity index (χ0) is 24.5. The van der Waals surface area contributed by atoms with Crippen molar-refractivity contribution in [2.75, 3.05) is 0 Å². The van der Waals surface area contributed by atoms with Gasteiger partial charge in [-0.15, -0.1) is 0 Å². The second-order valence-electron chi connectivity index (χ2n) is 6.65. The van der Waals surface area contributed by atoms with Crippen molar-refractivity contribution in [1.82, 2.24) is 5.43 Å². The molecule has 3 aromatic carbocycles. The average molecular weight is 460 g/mol. The second-order valence-corrected chi connectivity index (χ2v) is 6.65. The van der Waals surface area contributed by atoms with Crippen LogP contribution >= 0.6 is 0 Å². The summed E-state index contributed by atoms with van der Waals surface area (Å²) in [4.78, 5) is 44.6. The van der Waals surface area contributed by atoms with Crippen molar-refractivity contribution >= 4 is 35.5 Å². The quantitative estimate of drug-likeness (QED) is 0.134. The number of nitrogens with one attached hydrogen (secondary N) is 1. The van der Waals surface area contributed by atoms with E-state index in [4.69, 9.17) is 4.74 Å². The highest BCUT2D eigenvalue weighted by Crippen LogP contribution is 2.17. The van der Waals surface area contributed by atoms with Crippen molar-refractivity contribution in [1.29, 1.82) is 0 Å². The number of hydrogen-bond donors (Lipinski definition) is 1. The molecule has 3 aromatic rings. The maximum Gasteiger partial charge on any atom is 0.336 e. The Bertz CT molecular complexity index is 1280. The Morgan fingerprint density at radius 1 is 0.853 bits per heavy atom. The number of hydrazone groups is 1. The van der Waals surface area contributed by atoms with E-state index in [1.165, 1.54) is 79.0 Å². The first-order valence-electron chi connectivity index (χ1n) is 9.65. The number of ether oxygens (including phenoxy) is 1. The third-order valence-corrected chi connectivity index (χ3v) is 4.34. The number of non-ortho nitro benzene ring substituents is 1. The SMILES string of the molecule is O=C(C=Cc1ccc([N+](=O)[O-])cc1)Oc1ccc(C=NNC(=O)c2ccccc2[N+](=O)[O-])cc1. The van der Waals surface area contributed by atoms with Crippen LogP contribution in [0.15, 0.2) is 84.0 Å². The number of rotatable bonds is 8. The van der Waals surface area contributed by atoms with E-state index < -0.39 is 21.7 Å². The van der Waals surface area contributed by atoms with Crippen LogP contribution in [0.2, 0.25) is 0 Å². The minimum Gasteiger partial charge on any atom is -0.423 e. The minimum absolute atomic E-state index is 0.0516. The molecule has 11 heteroatoms. The molecule has 0 aliphatic heterocycles. The molecule has 0 aliphatic carbocycles. The Labute approximate surface area is 192 Å². The number of para-hydroxylation sites is 1. The van der Waals surface area contributed by atoms with Gasteiger partial charge in [0.1, 0.15) is 11.3 Å². The van der Waals surface area contributed by atoms with E-state index in [1.807, 2.05) is 0 Å². The summed E-state index contributed by atoms with van der Waals surface area (Å²) in [5, 5.41) is 25.4.